The second-order valence-electron chi connectivity index (χ2n) is 3.86. The van der Waals surface area contributed by atoms with Crippen molar-refractivity contribution in [1.29, 1.82) is 0 Å². The van der Waals surface area contributed by atoms with Gasteiger partial charge in [0.1, 0.15) is 0 Å². The van der Waals surface area contributed by atoms with Crippen LogP contribution in [0.4, 0.5) is 0 Å². The first kappa shape index (κ1) is 12.7. The molecule has 0 unspecified atom stereocenters. The van der Waals surface area contributed by atoms with E-state index in [1.807, 2.05) is 31.2 Å². The molecular weight excluding hydrogens is 230 g/mol. The SMILES string of the molecule is CCOCCc1noc(-c2ccc(CN)cc2)n1. The van der Waals surface area contributed by atoms with Crippen molar-refractivity contribution in [1.82, 2.24) is 10.1 Å². The lowest BCUT2D eigenvalue weighted by atomic mass is 10.1. The average molecular weight is 247 g/mol. The molecule has 5 nitrogen and oxygen atoms in total. The minimum absolute atomic E-state index is 0.531. The van der Waals surface area contributed by atoms with E-state index in [1.54, 1.807) is 0 Å². The Bertz CT molecular complexity index is 479. The van der Waals surface area contributed by atoms with Crippen LogP contribution in [0, 0.1) is 0 Å². The van der Waals surface area contributed by atoms with Crippen LogP contribution in [0.2, 0.25) is 0 Å². The van der Waals surface area contributed by atoms with Gasteiger partial charge in [0.25, 0.3) is 5.89 Å². The molecule has 0 spiro atoms. The summed E-state index contributed by atoms with van der Waals surface area (Å²) in [7, 11) is 0. The molecule has 5 heteroatoms. The minimum Gasteiger partial charge on any atom is -0.381 e. The molecule has 0 amide bonds. The first-order valence-electron chi connectivity index (χ1n) is 6.03. The Balaban J connectivity index is 2.04. The van der Waals surface area contributed by atoms with Gasteiger partial charge in [0.05, 0.1) is 6.61 Å². The number of hydrogen-bond acceptors (Lipinski definition) is 5. The highest BCUT2D eigenvalue weighted by atomic mass is 16.5. The Morgan fingerprint density at radius 2 is 2.06 bits per heavy atom. The van der Waals surface area contributed by atoms with Gasteiger partial charge in [-0.05, 0) is 24.6 Å². The van der Waals surface area contributed by atoms with E-state index >= 15 is 0 Å². The molecule has 2 N–H and O–H groups in total. The molecule has 2 aromatic rings. The van der Waals surface area contributed by atoms with E-state index in [0.29, 0.717) is 37.9 Å². The monoisotopic (exact) mass is 247 g/mol. The number of aromatic nitrogens is 2. The van der Waals surface area contributed by atoms with Crippen LogP contribution in [-0.2, 0) is 17.7 Å². The number of benzene rings is 1. The summed E-state index contributed by atoms with van der Waals surface area (Å²) in [6.07, 6.45) is 0.665. The van der Waals surface area contributed by atoms with Crippen LogP contribution < -0.4 is 5.73 Å². The molecule has 0 atom stereocenters. The van der Waals surface area contributed by atoms with Crippen LogP contribution in [0.3, 0.4) is 0 Å². The zero-order valence-electron chi connectivity index (χ0n) is 10.4. The van der Waals surface area contributed by atoms with E-state index in [-0.39, 0.29) is 0 Å². The zero-order valence-corrected chi connectivity index (χ0v) is 10.4. The van der Waals surface area contributed by atoms with Crippen molar-refractivity contribution in [2.24, 2.45) is 5.73 Å². The smallest absolute Gasteiger partial charge is 0.257 e. The first-order chi connectivity index (χ1) is 8.83. The van der Waals surface area contributed by atoms with Crippen molar-refractivity contribution in [2.45, 2.75) is 19.9 Å². The van der Waals surface area contributed by atoms with Crippen molar-refractivity contribution in [3.63, 3.8) is 0 Å². The molecule has 1 aromatic heterocycles. The quantitative estimate of drug-likeness (QED) is 0.787. The van der Waals surface area contributed by atoms with Gasteiger partial charge in [0.2, 0.25) is 0 Å². The predicted octanol–water partition coefficient (Wildman–Crippen LogP) is 1.77. The summed E-state index contributed by atoms with van der Waals surface area (Å²) < 4.78 is 10.5. The molecule has 0 radical (unpaired) electrons. The fourth-order valence-corrected chi connectivity index (χ4v) is 1.56. The maximum atomic E-state index is 5.55. The Kier molecular flexibility index (Phi) is 4.44. The van der Waals surface area contributed by atoms with E-state index < -0.39 is 0 Å². The van der Waals surface area contributed by atoms with E-state index in [4.69, 9.17) is 15.0 Å². The van der Waals surface area contributed by atoms with Crippen LogP contribution in [0.25, 0.3) is 11.5 Å². The van der Waals surface area contributed by atoms with Crippen molar-refractivity contribution in [3.8, 4) is 11.5 Å². The van der Waals surface area contributed by atoms with Crippen molar-refractivity contribution >= 4 is 0 Å². The fourth-order valence-electron chi connectivity index (χ4n) is 1.56. The lowest BCUT2D eigenvalue weighted by Crippen LogP contribution is -1.99. The normalized spacial score (nSPS) is 10.8. The van der Waals surface area contributed by atoms with Crippen molar-refractivity contribution in [3.05, 3.63) is 35.7 Å². The predicted molar refractivity (Wildman–Crippen MR) is 67.8 cm³/mol. The third-order valence-corrected chi connectivity index (χ3v) is 2.58. The van der Waals surface area contributed by atoms with Crippen LogP contribution in [0.15, 0.2) is 28.8 Å². The zero-order chi connectivity index (χ0) is 12.8. The molecule has 18 heavy (non-hydrogen) atoms. The van der Waals surface area contributed by atoms with E-state index in [1.165, 1.54) is 0 Å². The van der Waals surface area contributed by atoms with Gasteiger partial charge in [-0.3, -0.25) is 0 Å². The van der Waals surface area contributed by atoms with Crippen LogP contribution in [0.1, 0.15) is 18.3 Å². The van der Waals surface area contributed by atoms with E-state index in [0.717, 1.165) is 11.1 Å². The van der Waals surface area contributed by atoms with E-state index in [2.05, 4.69) is 10.1 Å². The molecule has 2 rings (SSSR count). The maximum Gasteiger partial charge on any atom is 0.257 e. The molecule has 0 aliphatic rings. The van der Waals surface area contributed by atoms with Crippen molar-refractivity contribution < 1.29 is 9.26 Å². The summed E-state index contributed by atoms with van der Waals surface area (Å²) in [4.78, 5) is 4.32. The molecule has 0 fully saturated rings. The van der Waals surface area contributed by atoms with Gasteiger partial charge >= 0.3 is 0 Å². The number of ether oxygens (including phenoxy) is 1. The molecule has 0 bridgehead atoms. The molecule has 0 saturated carbocycles. The third-order valence-electron chi connectivity index (χ3n) is 2.58. The summed E-state index contributed by atoms with van der Waals surface area (Å²) in [6.45, 7) is 3.80. The number of hydrogen-bond donors (Lipinski definition) is 1. The second kappa shape index (κ2) is 6.28. The van der Waals surface area contributed by atoms with Crippen molar-refractivity contribution in [2.75, 3.05) is 13.2 Å². The Morgan fingerprint density at radius 1 is 1.28 bits per heavy atom. The molecule has 96 valence electrons. The van der Waals surface area contributed by atoms with Crippen LogP contribution >= 0.6 is 0 Å². The maximum absolute atomic E-state index is 5.55. The minimum atomic E-state index is 0.531. The summed E-state index contributed by atoms with van der Waals surface area (Å²) in [6, 6.07) is 7.78. The second-order valence-corrected chi connectivity index (χ2v) is 3.86. The average Bonchev–Trinajstić information content (AvgIpc) is 2.88. The van der Waals surface area contributed by atoms with Gasteiger partial charge < -0.3 is 15.0 Å². The van der Waals surface area contributed by atoms with Gasteiger partial charge in [-0.15, -0.1) is 0 Å². The highest BCUT2D eigenvalue weighted by Crippen LogP contribution is 2.17. The molecule has 1 heterocycles. The number of rotatable bonds is 6. The largest absolute Gasteiger partial charge is 0.381 e. The van der Waals surface area contributed by atoms with Gasteiger partial charge in [0.15, 0.2) is 5.82 Å². The Hall–Kier alpha value is -1.72. The molecular formula is C13H17N3O2. The van der Waals surface area contributed by atoms with Crippen LogP contribution in [-0.4, -0.2) is 23.4 Å². The van der Waals surface area contributed by atoms with Crippen LogP contribution in [0.5, 0.6) is 0 Å². The Morgan fingerprint density at radius 3 is 2.72 bits per heavy atom. The third kappa shape index (κ3) is 3.15. The molecule has 1 aromatic carbocycles. The number of nitrogens with zero attached hydrogens (tertiary/aromatic N) is 2. The first-order valence-corrected chi connectivity index (χ1v) is 6.03. The topological polar surface area (TPSA) is 74.2 Å². The van der Waals surface area contributed by atoms with E-state index in [9.17, 15) is 0 Å². The van der Waals surface area contributed by atoms with Gasteiger partial charge in [0, 0.05) is 25.1 Å². The lowest BCUT2D eigenvalue weighted by molar-refractivity contribution is 0.149. The van der Waals surface area contributed by atoms with Gasteiger partial charge in [-0.25, -0.2) is 0 Å². The standard InChI is InChI=1S/C13H17N3O2/c1-2-17-8-7-12-15-13(18-16-12)11-5-3-10(9-14)4-6-11/h3-6H,2,7-9,14H2,1H3. The summed E-state index contributed by atoms with van der Waals surface area (Å²) >= 11 is 0. The lowest BCUT2D eigenvalue weighted by Gasteiger charge is -1.97. The molecule has 0 saturated heterocycles. The van der Waals surface area contributed by atoms with Gasteiger partial charge in [-0.2, -0.15) is 4.98 Å². The fraction of sp³-hybridized carbons (Fsp3) is 0.385. The molecule has 0 aliphatic carbocycles. The molecule has 0 aliphatic heterocycles. The summed E-state index contributed by atoms with van der Waals surface area (Å²) in [5, 5.41) is 3.92. The van der Waals surface area contributed by atoms with Gasteiger partial charge in [-0.1, -0.05) is 17.3 Å². The number of nitrogens with two attached hydrogens (primary N) is 1. The highest BCUT2D eigenvalue weighted by molar-refractivity contribution is 5.53. The highest BCUT2D eigenvalue weighted by Gasteiger charge is 2.08. The Labute approximate surface area is 106 Å². The summed E-state index contributed by atoms with van der Waals surface area (Å²) in [5.41, 5.74) is 7.53. The summed E-state index contributed by atoms with van der Waals surface area (Å²) in [5.74, 6) is 1.20.